The van der Waals surface area contributed by atoms with Crippen molar-refractivity contribution in [2.75, 3.05) is 5.32 Å². The number of aryl methyl sites for hydroxylation is 1. The van der Waals surface area contributed by atoms with Gasteiger partial charge in [-0.05, 0) is 24.0 Å². The van der Waals surface area contributed by atoms with Gasteiger partial charge in [0.25, 0.3) is 0 Å². The lowest BCUT2D eigenvalue weighted by Crippen LogP contribution is -2.21. The predicted molar refractivity (Wildman–Crippen MR) is 79.0 cm³/mol. The van der Waals surface area contributed by atoms with Crippen LogP contribution in [-0.4, -0.2) is 11.0 Å². The zero-order valence-corrected chi connectivity index (χ0v) is 12.6. The maximum absolute atomic E-state index is 10.8. The molecule has 0 saturated carbocycles. The maximum Gasteiger partial charge on any atom is 0.183 e. The lowest BCUT2D eigenvalue weighted by molar-refractivity contribution is -0.254. The molecule has 0 fully saturated rings. The lowest BCUT2D eigenvalue weighted by Gasteiger charge is -2.07. The topological polar surface area (TPSA) is 65.0 Å². The highest BCUT2D eigenvalue weighted by Gasteiger charge is 2.08. The van der Waals surface area contributed by atoms with Gasteiger partial charge in [0.2, 0.25) is 0 Å². The number of hydrogen-bond donors (Lipinski definition) is 1. The number of aromatic nitrogens is 1. The van der Waals surface area contributed by atoms with Gasteiger partial charge in [-0.1, -0.05) is 49.4 Å². The van der Waals surface area contributed by atoms with Gasteiger partial charge in [-0.15, -0.1) is 0 Å². The van der Waals surface area contributed by atoms with Crippen LogP contribution < -0.4 is 10.4 Å². The van der Waals surface area contributed by atoms with E-state index in [2.05, 4.69) is 48.4 Å². The molecule has 0 atom stereocenters. The number of rotatable bonds is 5. The van der Waals surface area contributed by atoms with E-state index in [9.17, 15) is 9.90 Å². The number of nitrogens with one attached hydrogen (secondary N) is 1. The number of carboxylic acid groups (broad SMARTS) is 1. The highest BCUT2D eigenvalue weighted by atomic mass is 32.1. The number of thiazole rings is 1. The highest BCUT2D eigenvalue weighted by Crippen LogP contribution is 2.22. The molecule has 0 aliphatic heterocycles. The van der Waals surface area contributed by atoms with Crippen molar-refractivity contribution in [3.8, 4) is 0 Å². The number of carbonyl (C=O) groups excluding carboxylic acids is 1. The molecule has 1 heterocycles. The van der Waals surface area contributed by atoms with E-state index < -0.39 is 5.97 Å². The first-order chi connectivity index (χ1) is 9.47. The monoisotopic (exact) mass is 289 g/mol. The summed E-state index contributed by atoms with van der Waals surface area (Å²) in [7, 11) is 0. The summed E-state index contributed by atoms with van der Waals surface area (Å²) in [5.74, 6) is -0.654. The molecule has 0 bridgehead atoms. The molecule has 0 unspecified atom stereocenters. The molecule has 1 aromatic carbocycles. The van der Waals surface area contributed by atoms with Crippen LogP contribution in [0.15, 0.2) is 24.3 Å². The average Bonchev–Trinajstić information content (AvgIpc) is 2.78. The first kappa shape index (κ1) is 14.5. The molecule has 2 rings (SSSR count). The summed E-state index contributed by atoms with van der Waals surface area (Å²) in [5.41, 5.74) is 2.93. The fourth-order valence-electron chi connectivity index (χ4n) is 1.86. The Balaban J connectivity index is 2.01. The Labute approximate surface area is 122 Å². The summed E-state index contributed by atoms with van der Waals surface area (Å²) in [4.78, 5) is 15.2. The Morgan fingerprint density at radius 3 is 2.50 bits per heavy atom. The molecule has 5 heteroatoms. The molecule has 0 saturated heterocycles. The molecule has 2 aromatic rings. The summed E-state index contributed by atoms with van der Waals surface area (Å²) in [6, 6.07) is 8.37. The number of nitrogens with zero attached hydrogens (tertiary/aromatic N) is 1. The fourth-order valence-corrected chi connectivity index (χ4v) is 2.66. The predicted octanol–water partition coefficient (Wildman–Crippen LogP) is 2.55. The molecule has 20 heavy (non-hydrogen) atoms. The first-order valence-electron chi connectivity index (χ1n) is 6.49. The molecule has 0 aliphatic rings. The van der Waals surface area contributed by atoms with Crippen molar-refractivity contribution >= 4 is 22.4 Å². The first-order valence-corrected chi connectivity index (χ1v) is 7.30. The van der Waals surface area contributed by atoms with Crippen molar-refractivity contribution in [2.24, 2.45) is 0 Å². The molecule has 0 radical (unpaired) electrons. The molecular formula is C15H17N2O2S-. The molecule has 1 aromatic heterocycles. The highest BCUT2D eigenvalue weighted by molar-refractivity contribution is 7.17. The van der Waals surface area contributed by atoms with Gasteiger partial charge >= 0.3 is 0 Å². The van der Waals surface area contributed by atoms with Crippen LogP contribution in [0.2, 0.25) is 0 Å². The molecule has 0 aliphatic carbocycles. The third-order valence-corrected chi connectivity index (χ3v) is 4.17. The van der Waals surface area contributed by atoms with Crippen molar-refractivity contribution < 1.29 is 9.90 Å². The summed E-state index contributed by atoms with van der Waals surface area (Å²) >= 11 is 1.11. The second-order valence-corrected chi connectivity index (χ2v) is 5.97. The minimum Gasteiger partial charge on any atom is -0.544 e. The van der Waals surface area contributed by atoms with Gasteiger partial charge in [0.1, 0.15) is 0 Å². The van der Waals surface area contributed by atoms with Crippen LogP contribution in [0.1, 0.15) is 46.3 Å². The summed E-state index contributed by atoms with van der Waals surface area (Å²) in [6.07, 6.45) is 0. The number of anilines is 1. The van der Waals surface area contributed by atoms with E-state index in [1.54, 1.807) is 6.92 Å². The van der Waals surface area contributed by atoms with Gasteiger partial charge in [-0.3, -0.25) is 0 Å². The summed E-state index contributed by atoms with van der Waals surface area (Å²) < 4.78 is 0. The molecule has 0 amide bonds. The molecule has 0 spiro atoms. The van der Waals surface area contributed by atoms with Gasteiger partial charge < -0.3 is 15.2 Å². The Bertz CT molecular complexity index is 603. The van der Waals surface area contributed by atoms with Crippen LogP contribution >= 0.6 is 11.3 Å². The van der Waals surface area contributed by atoms with Crippen LogP contribution in [0, 0.1) is 6.92 Å². The quantitative estimate of drug-likeness (QED) is 0.918. The van der Waals surface area contributed by atoms with E-state index in [4.69, 9.17) is 0 Å². The number of carbonyl (C=O) groups is 1. The van der Waals surface area contributed by atoms with E-state index in [0.29, 0.717) is 23.3 Å². The van der Waals surface area contributed by atoms with E-state index >= 15 is 0 Å². The third kappa shape index (κ3) is 3.36. The lowest BCUT2D eigenvalue weighted by atomic mass is 10.0. The minimum absolute atomic E-state index is 0.183. The Morgan fingerprint density at radius 2 is 2.00 bits per heavy atom. The van der Waals surface area contributed by atoms with Crippen molar-refractivity contribution in [3.05, 3.63) is 46.0 Å². The van der Waals surface area contributed by atoms with Gasteiger partial charge in [-0.2, -0.15) is 0 Å². The zero-order valence-electron chi connectivity index (χ0n) is 11.8. The fraction of sp³-hybridized carbons (Fsp3) is 0.333. The third-order valence-electron chi connectivity index (χ3n) is 3.07. The number of benzene rings is 1. The minimum atomic E-state index is -1.17. The Hall–Kier alpha value is -1.88. The van der Waals surface area contributed by atoms with Crippen LogP contribution in [0.3, 0.4) is 0 Å². The van der Waals surface area contributed by atoms with Crippen LogP contribution in [0.5, 0.6) is 0 Å². The second-order valence-electron chi connectivity index (χ2n) is 4.97. The van der Waals surface area contributed by atoms with Gasteiger partial charge in [0, 0.05) is 6.54 Å². The standard InChI is InChI=1S/C15H18N2O2S/c1-9(2)12-6-4-11(5-7-12)8-16-15-17-10(3)13(20-15)14(18)19/h4-7,9H,8H2,1-3H3,(H,16,17)(H,18,19)/p-1. The maximum atomic E-state index is 10.8. The Kier molecular flexibility index (Phi) is 4.39. The van der Waals surface area contributed by atoms with Crippen molar-refractivity contribution in [2.45, 2.75) is 33.2 Å². The Morgan fingerprint density at radius 1 is 1.35 bits per heavy atom. The molecule has 1 N–H and O–H groups in total. The van der Waals surface area contributed by atoms with Crippen LogP contribution in [0.4, 0.5) is 5.13 Å². The largest absolute Gasteiger partial charge is 0.544 e. The SMILES string of the molecule is Cc1nc(NCc2ccc(C(C)C)cc2)sc1C(=O)[O-]. The summed E-state index contributed by atoms with van der Waals surface area (Å²) in [6.45, 7) is 6.61. The van der Waals surface area contributed by atoms with Gasteiger partial charge in [0.15, 0.2) is 5.13 Å². The van der Waals surface area contributed by atoms with Crippen molar-refractivity contribution in [3.63, 3.8) is 0 Å². The average molecular weight is 289 g/mol. The van der Waals surface area contributed by atoms with E-state index in [1.165, 1.54) is 5.56 Å². The van der Waals surface area contributed by atoms with Gasteiger partial charge in [-0.25, -0.2) is 4.98 Å². The van der Waals surface area contributed by atoms with Gasteiger partial charge in [0.05, 0.1) is 16.5 Å². The normalized spacial score (nSPS) is 10.8. The van der Waals surface area contributed by atoms with E-state index in [0.717, 1.165) is 16.9 Å². The molecular weight excluding hydrogens is 272 g/mol. The van der Waals surface area contributed by atoms with Crippen LogP contribution in [-0.2, 0) is 6.54 Å². The summed E-state index contributed by atoms with van der Waals surface area (Å²) in [5, 5.41) is 14.6. The van der Waals surface area contributed by atoms with Crippen molar-refractivity contribution in [1.29, 1.82) is 0 Å². The van der Waals surface area contributed by atoms with Crippen molar-refractivity contribution in [1.82, 2.24) is 4.98 Å². The second kappa shape index (κ2) is 6.05. The number of aromatic carboxylic acids is 1. The molecule has 106 valence electrons. The van der Waals surface area contributed by atoms with Crippen LogP contribution in [0.25, 0.3) is 0 Å². The van der Waals surface area contributed by atoms with E-state index in [1.807, 2.05) is 0 Å². The number of hydrogen-bond acceptors (Lipinski definition) is 5. The zero-order chi connectivity index (χ0) is 14.7. The molecule has 4 nitrogen and oxygen atoms in total. The van der Waals surface area contributed by atoms with E-state index in [-0.39, 0.29) is 4.88 Å². The number of carboxylic acids is 1. The smallest absolute Gasteiger partial charge is 0.183 e.